The Hall–Kier alpha value is -1.69. The number of hydrogen-bond acceptors (Lipinski definition) is 6. The number of nitriles is 1. The first-order valence-electron chi connectivity index (χ1n) is 4.95. The summed E-state index contributed by atoms with van der Waals surface area (Å²) in [4.78, 5) is -0.0666. The van der Waals surface area contributed by atoms with Crippen LogP contribution >= 0.6 is 11.8 Å². The van der Waals surface area contributed by atoms with E-state index in [0.29, 0.717) is 5.03 Å². The third kappa shape index (κ3) is 6.71. The highest BCUT2D eigenvalue weighted by molar-refractivity contribution is 8.02. The molecule has 0 spiro atoms. The zero-order chi connectivity index (χ0) is 15.1. The monoisotopic (exact) mass is 301 g/mol. The van der Waals surface area contributed by atoms with Crippen molar-refractivity contribution in [2.45, 2.75) is 11.8 Å². The third-order valence-corrected chi connectivity index (χ3v) is 3.45. The van der Waals surface area contributed by atoms with E-state index in [2.05, 4.69) is 0 Å². The molecule has 0 fully saturated rings. The highest BCUT2D eigenvalue weighted by Crippen LogP contribution is 2.08. The number of hydrogen-bond donors (Lipinski definition) is 3. The van der Waals surface area contributed by atoms with Gasteiger partial charge in [-0.3, -0.25) is 4.55 Å². The van der Waals surface area contributed by atoms with Crippen molar-refractivity contribution in [2.24, 2.45) is 11.5 Å². The van der Waals surface area contributed by atoms with Crippen molar-refractivity contribution in [2.75, 3.05) is 6.26 Å². The summed E-state index contributed by atoms with van der Waals surface area (Å²) in [7, 11) is -4.02. The van der Waals surface area contributed by atoms with Gasteiger partial charge in [0.1, 0.15) is 11.8 Å². The van der Waals surface area contributed by atoms with Crippen molar-refractivity contribution in [3.63, 3.8) is 0 Å². The standard InChI is InChI=1S/C7H8O3S.C4H7N3S/c1-6-2-4-7(5-3-6)11(8,9)10;1-8-4(7)3(6)2-5/h2-5H,1H3,(H,8,9,10);6-7H2,1H3/b;4-3-. The van der Waals surface area contributed by atoms with Crippen LogP contribution in [0, 0.1) is 18.3 Å². The van der Waals surface area contributed by atoms with E-state index in [0.717, 1.165) is 5.56 Å². The third-order valence-electron chi connectivity index (χ3n) is 1.92. The molecule has 6 nitrogen and oxygen atoms in total. The minimum atomic E-state index is -4.02. The average molecular weight is 301 g/mol. The number of nitrogens with zero attached hydrogens (tertiary/aromatic N) is 1. The number of thioether (sulfide) groups is 1. The molecule has 0 aliphatic heterocycles. The Kier molecular flexibility index (Phi) is 7.00. The van der Waals surface area contributed by atoms with E-state index in [1.807, 2.05) is 6.92 Å². The second-order valence-corrected chi connectivity index (χ2v) is 5.65. The quantitative estimate of drug-likeness (QED) is 0.552. The first-order valence-corrected chi connectivity index (χ1v) is 7.62. The molecule has 0 saturated heterocycles. The number of allylic oxidation sites excluding steroid dienone is 1. The molecular weight excluding hydrogens is 286 g/mol. The number of aryl methyl sites for hydroxylation is 1. The molecule has 0 atom stereocenters. The molecule has 8 heteroatoms. The number of benzene rings is 1. The first-order chi connectivity index (χ1) is 8.72. The van der Waals surface area contributed by atoms with Crippen molar-refractivity contribution >= 4 is 21.9 Å². The molecule has 0 saturated carbocycles. The van der Waals surface area contributed by atoms with Gasteiger partial charge in [0.15, 0.2) is 0 Å². The SMILES string of the molecule is CS/C(N)=C(\N)C#N.Cc1ccc(S(=O)(=O)O)cc1. The maximum absolute atomic E-state index is 10.5. The molecule has 1 aromatic rings. The smallest absolute Gasteiger partial charge is 0.294 e. The van der Waals surface area contributed by atoms with Crippen molar-refractivity contribution in [3.8, 4) is 6.07 Å². The number of nitrogens with two attached hydrogens (primary N) is 2. The van der Waals surface area contributed by atoms with E-state index in [4.69, 9.17) is 21.3 Å². The lowest BCUT2D eigenvalue weighted by atomic mass is 10.2. The van der Waals surface area contributed by atoms with Gasteiger partial charge in [0, 0.05) is 0 Å². The van der Waals surface area contributed by atoms with E-state index in [1.54, 1.807) is 24.5 Å². The molecule has 19 heavy (non-hydrogen) atoms. The zero-order valence-corrected chi connectivity index (χ0v) is 12.1. The van der Waals surface area contributed by atoms with Gasteiger partial charge in [0.25, 0.3) is 10.1 Å². The summed E-state index contributed by atoms with van der Waals surface area (Å²) in [5.41, 5.74) is 11.4. The molecule has 104 valence electrons. The van der Waals surface area contributed by atoms with Gasteiger partial charge in [0.2, 0.25) is 0 Å². The second kappa shape index (κ2) is 7.68. The van der Waals surface area contributed by atoms with Crippen LogP contribution in [0.2, 0.25) is 0 Å². The first kappa shape index (κ1) is 17.3. The van der Waals surface area contributed by atoms with Gasteiger partial charge in [-0.2, -0.15) is 13.7 Å². The Morgan fingerprint density at radius 3 is 2.05 bits per heavy atom. The molecule has 0 amide bonds. The minimum Gasteiger partial charge on any atom is -0.391 e. The van der Waals surface area contributed by atoms with Crippen LogP contribution < -0.4 is 11.5 Å². The lowest BCUT2D eigenvalue weighted by molar-refractivity contribution is 0.483. The molecule has 0 aliphatic rings. The van der Waals surface area contributed by atoms with Crippen LogP contribution in [0.5, 0.6) is 0 Å². The van der Waals surface area contributed by atoms with E-state index in [1.165, 1.54) is 23.9 Å². The van der Waals surface area contributed by atoms with Crippen LogP contribution in [0.4, 0.5) is 0 Å². The second-order valence-electron chi connectivity index (χ2n) is 3.38. The summed E-state index contributed by atoms with van der Waals surface area (Å²) < 4.78 is 29.6. The Labute approximate surface area is 116 Å². The zero-order valence-electron chi connectivity index (χ0n) is 10.5. The van der Waals surface area contributed by atoms with Gasteiger partial charge in [-0.15, -0.1) is 11.8 Å². The summed E-state index contributed by atoms with van der Waals surface area (Å²) >= 11 is 1.27. The normalized spacial score (nSPS) is 11.7. The van der Waals surface area contributed by atoms with Crippen LogP contribution in [-0.2, 0) is 10.1 Å². The van der Waals surface area contributed by atoms with Crippen LogP contribution in [0.1, 0.15) is 5.56 Å². The topological polar surface area (TPSA) is 130 Å². The van der Waals surface area contributed by atoms with E-state index in [9.17, 15) is 8.42 Å². The van der Waals surface area contributed by atoms with Crippen LogP contribution in [0.15, 0.2) is 39.9 Å². The maximum atomic E-state index is 10.5. The van der Waals surface area contributed by atoms with E-state index < -0.39 is 10.1 Å². The van der Waals surface area contributed by atoms with Crippen molar-refractivity contribution in [1.29, 1.82) is 5.26 Å². The molecule has 0 aromatic heterocycles. The van der Waals surface area contributed by atoms with Gasteiger partial charge in [-0.1, -0.05) is 17.7 Å². The van der Waals surface area contributed by atoms with Crippen molar-refractivity contribution in [1.82, 2.24) is 0 Å². The van der Waals surface area contributed by atoms with Crippen molar-refractivity contribution < 1.29 is 13.0 Å². The van der Waals surface area contributed by atoms with Crippen LogP contribution in [0.25, 0.3) is 0 Å². The molecule has 1 rings (SSSR count). The highest BCUT2D eigenvalue weighted by atomic mass is 32.2. The Morgan fingerprint density at radius 2 is 1.79 bits per heavy atom. The molecule has 5 N–H and O–H groups in total. The fourth-order valence-corrected chi connectivity index (χ4v) is 1.62. The minimum absolute atomic E-state index is 0.0666. The van der Waals surface area contributed by atoms with Crippen LogP contribution in [0.3, 0.4) is 0 Å². The fraction of sp³-hybridized carbons (Fsp3) is 0.182. The fourth-order valence-electron chi connectivity index (χ4n) is 0.875. The van der Waals surface area contributed by atoms with Crippen LogP contribution in [-0.4, -0.2) is 19.2 Å². The molecule has 0 aliphatic carbocycles. The predicted octanol–water partition coefficient (Wildman–Crippen LogP) is 1.20. The van der Waals surface area contributed by atoms with Gasteiger partial charge in [-0.05, 0) is 25.3 Å². The van der Waals surface area contributed by atoms with Gasteiger partial charge < -0.3 is 11.5 Å². The number of rotatable bonds is 2. The summed E-state index contributed by atoms with van der Waals surface area (Å²) in [6.07, 6.45) is 1.76. The molecule has 0 heterocycles. The highest BCUT2D eigenvalue weighted by Gasteiger charge is 2.06. The summed E-state index contributed by atoms with van der Waals surface area (Å²) in [6.45, 7) is 1.84. The Bertz CT molecular complexity index is 587. The molecule has 0 unspecified atom stereocenters. The summed E-state index contributed by atoms with van der Waals surface area (Å²) in [5, 5.41) is 8.49. The van der Waals surface area contributed by atoms with Gasteiger partial charge in [0.05, 0.1) is 9.92 Å². The van der Waals surface area contributed by atoms with Gasteiger partial charge in [-0.25, -0.2) is 0 Å². The molecule has 1 aromatic carbocycles. The average Bonchev–Trinajstić information content (AvgIpc) is 2.37. The van der Waals surface area contributed by atoms with Gasteiger partial charge >= 0.3 is 0 Å². The molecular formula is C11H15N3O3S2. The lowest BCUT2D eigenvalue weighted by Crippen LogP contribution is -2.04. The largest absolute Gasteiger partial charge is 0.391 e. The Morgan fingerprint density at radius 1 is 1.32 bits per heavy atom. The maximum Gasteiger partial charge on any atom is 0.294 e. The molecule has 0 radical (unpaired) electrons. The van der Waals surface area contributed by atoms with Crippen molar-refractivity contribution in [3.05, 3.63) is 40.6 Å². The van der Waals surface area contributed by atoms with E-state index in [-0.39, 0.29) is 10.6 Å². The Balaban J connectivity index is 0.000000362. The molecule has 0 bridgehead atoms. The lowest BCUT2D eigenvalue weighted by Gasteiger charge is -1.95. The summed E-state index contributed by atoms with van der Waals surface area (Å²) in [5.74, 6) is 0. The predicted molar refractivity (Wildman–Crippen MR) is 75.5 cm³/mol. The van der Waals surface area contributed by atoms with E-state index >= 15 is 0 Å². The summed E-state index contributed by atoms with van der Waals surface area (Å²) in [6, 6.07) is 7.71.